The number of carbonyl (C=O) groups is 1. The lowest BCUT2D eigenvalue weighted by Gasteiger charge is -2.25. The Labute approximate surface area is 287 Å². The monoisotopic (exact) mass is 681 g/mol. The number of amides is 1. The number of benzene rings is 2. The molecule has 0 radical (unpaired) electrons. The summed E-state index contributed by atoms with van der Waals surface area (Å²) in [7, 11) is 0. The summed E-state index contributed by atoms with van der Waals surface area (Å²) in [6, 6.07) is 16.5. The second-order valence-corrected chi connectivity index (χ2v) is 13.7. The van der Waals surface area contributed by atoms with Crippen molar-refractivity contribution in [2.75, 3.05) is 13.2 Å². The van der Waals surface area contributed by atoms with Crippen LogP contribution in [0.3, 0.4) is 0 Å². The molecule has 11 heteroatoms. The number of nitrogens with zero attached hydrogens (tertiary/aromatic N) is 1. The number of rotatable bonds is 19. The number of carbonyl (C=O) groups excluding carboxylic acids is 1. The molecule has 2 aromatic carbocycles. The fraction of sp³-hybridized carbons (Fsp3) is 0.514. The molecule has 2 aliphatic carbocycles. The minimum absolute atomic E-state index is 0.184. The van der Waals surface area contributed by atoms with Gasteiger partial charge in [-0.25, -0.2) is 0 Å². The lowest BCUT2D eigenvalue weighted by molar-refractivity contribution is -0.126. The second kappa shape index (κ2) is 16.5. The Balaban J connectivity index is 1.12. The number of aromatic nitrogens is 1. The smallest absolute Gasteiger partial charge is 0.220 e. The van der Waals surface area contributed by atoms with Gasteiger partial charge in [0.15, 0.2) is 0 Å². The fourth-order valence-corrected chi connectivity index (χ4v) is 6.21. The van der Waals surface area contributed by atoms with Gasteiger partial charge in [0.05, 0.1) is 18.8 Å². The third-order valence-corrected chi connectivity index (χ3v) is 9.83. The summed E-state index contributed by atoms with van der Waals surface area (Å²) in [6.45, 7) is 1.74. The number of para-hydroxylation sites is 1. The summed E-state index contributed by atoms with van der Waals surface area (Å²) >= 11 is 6.69. The van der Waals surface area contributed by atoms with E-state index < -0.39 is 31.0 Å². The van der Waals surface area contributed by atoms with Crippen molar-refractivity contribution in [2.45, 2.75) is 107 Å². The van der Waals surface area contributed by atoms with Crippen molar-refractivity contribution in [3.8, 4) is 16.9 Å². The number of pyridine rings is 1. The Bertz CT molecular complexity index is 1520. The summed E-state index contributed by atoms with van der Waals surface area (Å²) in [5, 5.41) is 55.0. The first-order chi connectivity index (χ1) is 23.1. The molecular formula is C37H48ClN3O7. The Hall–Kier alpha value is -3.09. The molecule has 48 heavy (non-hydrogen) atoms. The van der Waals surface area contributed by atoms with Crippen LogP contribution >= 0.6 is 11.6 Å². The third kappa shape index (κ3) is 9.32. The van der Waals surface area contributed by atoms with E-state index in [1.54, 1.807) is 0 Å². The molecule has 0 bridgehead atoms. The Morgan fingerprint density at radius 2 is 1.77 bits per heavy atom. The number of aliphatic hydroxyl groups excluding tert-OH is 5. The van der Waals surface area contributed by atoms with Gasteiger partial charge in [0.25, 0.3) is 0 Å². The summed E-state index contributed by atoms with van der Waals surface area (Å²) in [4.78, 5) is 16.8. The molecule has 2 aliphatic rings. The lowest BCUT2D eigenvalue weighted by atomic mass is 9.93. The summed E-state index contributed by atoms with van der Waals surface area (Å²) < 4.78 is 6.25. The Morgan fingerprint density at radius 3 is 2.50 bits per heavy atom. The first kappa shape index (κ1) is 36.2. The maximum Gasteiger partial charge on any atom is 0.220 e. The van der Waals surface area contributed by atoms with E-state index in [9.17, 15) is 25.2 Å². The predicted molar refractivity (Wildman–Crippen MR) is 184 cm³/mol. The van der Waals surface area contributed by atoms with E-state index >= 15 is 0 Å². The highest BCUT2D eigenvalue weighted by atomic mass is 35.5. The van der Waals surface area contributed by atoms with Crippen LogP contribution in [-0.2, 0) is 16.9 Å². The van der Waals surface area contributed by atoms with Crippen LogP contribution in [0.15, 0.2) is 60.9 Å². The van der Waals surface area contributed by atoms with Gasteiger partial charge in [-0.1, -0.05) is 55.3 Å². The van der Waals surface area contributed by atoms with Crippen LogP contribution < -0.4 is 15.4 Å². The largest absolute Gasteiger partial charge is 0.490 e. The molecule has 5 rings (SSSR count). The highest BCUT2D eigenvalue weighted by Gasteiger charge is 2.46. The fourth-order valence-electron chi connectivity index (χ4n) is 6.03. The number of halogens is 1. The van der Waals surface area contributed by atoms with E-state index in [1.807, 2.05) is 30.6 Å². The van der Waals surface area contributed by atoms with Crippen LogP contribution in [-0.4, -0.2) is 80.1 Å². The van der Waals surface area contributed by atoms with E-state index in [-0.39, 0.29) is 30.3 Å². The Kier molecular flexibility index (Phi) is 12.5. The molecule has 1 unspecified atom stereocenters. The first-order valence-electron chi connectivity index (χ1n) is 17.0. The molecule has 7 N–H and O–H groups in total. The first-order valence-corrected chi connectivity index (χ1v) is 17.3. The van der Waals surface area contributed by atoms with Crippen molar-refractivity contribution in [2.24, 2.45) is 0 Å². The molecule has 1 aromatic heterocycles. The zero-order valence-electron chi connectivity index (χ0n) is 27.4. The van der Waals surface area contributed by atoms with Gasteiger partial charge in [0, 0.05) is 48.0 Å². The third-order valence-electron chi connectivity index (χ3n) is 9.46. The molecule has 2 saturated carbocycles. The Morgan fingerprint density at radius 1 is 1.02 bits per heavy atom. The average Bonchev–Trinajstić information content (AvgIpc) is 4.05. The van der Waals surface area contributed by atoms with Crippen molar-refractivity contribution in [3.63, 3.8) is 0 Å². The molecule has 5 atom stereocenters. The van der Waals surface area contributed by atoms with Gasteiger partial charge >= 0.3 is 0 Å². The van der Waals surface area contributed by atoms with Gasteiger partial charge in [-0.2, -0.15) is 0 Å². The molecule has 0 spiro atoms. The number of hydrogen-bond donors (Lipinski definition) is 7. The predicted octanol–water partition coefficient (Wildman–Crippen LogP) is 3.94. The molecule has 1 amide bonds. The van der Waals surface area contributed by atoms with Crippen LogP contribution in [0.5, 0.6) is 5.75 Å². The highest BCUT2D eigenvalue weighted by molar-refractivity contribution is 6.31. The summed E-state index contributed by atoms with van der Waals surface area (Å²) in [5.41, 5.74) is 5.43. The lowest BCUT2D eigenvalue weighted by Crippen LogP contribution is -2.49. The van der Waals surface area contributed by atoms with Gasteiger partial charge in [0.1, 0.15) is 24.1 Å². The molecular weight excluding hydrogens is 634 g/mol. The molecule has 10 nitrogen and oxygen atoms in total. The van der Waals surface area contributed by atoms with Crippen LogP contribution in [0.25, 0.3) is 11.1 Å². The molecule has 260 valence electrons. The highest BCUT2D eigenvalue weighted by Crippen LogP contribution is 2.50. The van der Waals surface area contributed by atoms with Gasteiger partial charge in [-0.05, 0) is 84.9 Å². The maximum absolute atomic E-state index is 12.3. The number of hydrogen-bond acceptors (Lipinski definition) is 9. The van der Waals surface area contributed by atoms with Gasteiger partial charge in [-0.15, -0.1) is 0 Å². The summed E-state index contributed by atoms with van der Waals surface area (Å²) in [5.74, 6) is 0.888. The van der Waals surface area contributed by atoms with Gasteiger partial charge < -0.3 is 40.9 Å². The van der Waals surface area contributed by atoms with Crippen molar-refractivity contribution in [3.05, 3.63) is 82.6 Å². The normalized spacial score (nSPS) is 18.4. The number of ether oxygens (including phenoxy) is 1. The zero-order chi connectivity index (χ0) is 34.3. The van der Waals surface area contributed by atoms with Crippen LogP contribution in [0, 0.1) is 0 Å². The average molecular weight is 682 g/mol. The van der Waals surface area contributed by atoms with Crippen LogP contribution in [0.1, 0.15) is 80.9 Å². The number of nitrogens with one attached hydrogen (secondary N) is 2. The molecule has 0 aliphatic heterocycles. The maximum atomic E-state index is 12.3. The van der Waals surface area contributed by atoms with E-state index in [0.29, 0.717) is 24.1 Å². The van der Waals surface area contributed by atoms with E-state index in [0.717, 1.165) is 61.0 Å². The van der Waals surface area contributed by atoms with Crippen molar-refractivity contribution in [1.29, 1.82) is 0 Å². The minimum Gasteiger partial charge on any atom is -0.490 e. The quantitative estimate of drug-likeness (QED) is 0.0929. The minimum atomic E-state index is -1.73. The standard InChI is InChI=1S/C37H48ClN3O7/c1-23(6-2-5-9-34(45)40-21-31(43)35(46)36(47)32(44)22-42)24-10-13-30(38)25(18-24)19-41-37(15-16-37)29-20-39-17-14-27(29)28-7-3-4-8-33(28)48-26-11-12-26/h3-4,7-8,10,13-14,17-18,20,23,26,31-32,35-36,41-44,46-47H,2,5-6,9,11-12,15-16,19,21-22H2,1H3,(H,40,45)/t23?,31-,32+,35+,36+/m0/s1. The molecule has 0 saturated heterocycles. The van der Waals surface area contributed by atoms with Gasteiger partial charge in [0.2, 0.25) is 5.91 Å². The van der Waals surface area contributed by atoms with Crippen LogP contribution in [0.4, 0.5) is 0 Å². The van der Waals surface area contributed by atoms with E-state index in [2.05, 4.69) is 52.9 Å². The van der Waals surface area contributed by atoms with Crippen molar-refractivity contribution < 1.29 is 35.1 Å². The summed E-state index contributed by atoms with van der Waals surface area (Å²) in [6.07, 6.45) is 4.43. The molecule has 1 heterocycles. The number of aliphatic hydroxyl groups is 5. The van der Waals surface area contributed by atoms with Crippen molar-refractivity contribution >= 4 is 17.5 Å². The second-order valence-electron chi connectivity index (χ2n) is 13.3. The SMILES string of the molecule is CC(CCCCC(=O)NC[C@H](O)[C@@H](O)[C@H](O)[C@H](O)CO)c1ccc(Cl)c(CNC2(c3cnccc3-c3ccccc3OC3CC3)CC2)c1. The number of unbranched alkanes of at least 4 members (excludes halogenated alkanes) is 1. The molecule has 3 aromatic rings. The van der Waals surface area contributed by atoms with E-state index in [4.69, 9.17) is 21.4 Å². The molecule has 2 fully saturated rings. The van der Waals surface area contributed by atoms with Crippen molar-refractivity contribution in [1.82, 2.24) is 15.6 Å². The van der Waals surface area contributed by atoms with E-state index in [1.165, 1.54) is 11.1 Å². The van der Waals surface area contributed by atoms with Gasteiger partial charge in [-0.3, -0.25) is 9.78 Å². The zero-order valence-corrected chi connectivity index (χ0v) is 28.1. The van der Waals surface area contributed by atoms with Crippen LogP contribution in [0.2, 0.25) is 5.02 Å². The topological polar surface area (TPSA) is 164 Å².